The molecule has 0 saturated heterocycles. The number of amides is 2. The molecule has 0 aliphatic carbocycles. The largest absolute Gasteiger partial charge is 0.457 e. The molecule has 2 aromatic carbocycles. The summed E-state index contributed by atoms with van der Waals surface area (Å²) < 4.78 is 8.00. The average molecular weight is 529 g/mol. The minimum Gasteiger partial charge on any atom is -0.457 e. The fourth-order valence-corrected chi connectivity index (χ4v) is 4.85. The van der Waals surface area contributed by atoms with Crippen molar-refractivity contribution in [2.45, 2.75) is 43.9 Å². The van der Waals surface area contributed by atoms with E-state index in [-0.39, 0.29) is 11.4 Å². The van der Waals surface area contributed by atoms with Crippen molar-refractivity contribution in [1.29, 1.82) is 0 Å². The molecule has 0 saturated carbocycles. The Hall–Kier alpha value is -3.98. The fraction of sp³-hybridized carbons (Fsp3) is 0.276. The van der Waals surface area contributed by atoms with Gasteiger partial charge in [-0.1, -0.05) is 39.0 Å². The highest BCUT2D eigenvalue weighted by Crippen LogP contribution is 2.36. The van der Waals surface area contributed by atoms with E-state index in [1.165, 1.54) is 11.8 Å². The number of nitrogens with zero attached hydrogens (tertiary/aromatic N) is 3. The Labute approximate surface area is 227 Å². The molecular weight excluding hydrogens is 496 g/mol. The topological polar surface area (TPSA) is 93.1 Å². The Morgan fingerprint density at radius 1 is 1.08 bits per heavy atom. The Balaban J connectivity index is 1.34. The number of ether oxygens (including phenoxy) is 1. The first-order chi connectivity index (χ1) is 18.3. The molecule has 0 bridgehead atoms. The number of anilines is 3. The lowest BCUT2D eigenvalue weighted by atomic mass is 9.92. The molecule has 0 unspecified atom stereocenters. The molecule has 2 amide bonds. The second-order valence-electron chi connectivity index (χ2n) is 10.1. The number of carbonyl (C=O) groups is 1. The zero-order valence-electron chi connectivity index (χ0n) is 22.0. The molecular formula is C29H32N6O2S. The van der Waals surface area contributed by atoms with E-state index >= 15 is 0 Å². The van der Waals surface area contributed by atoms with Gasteiger partial charge in [0.05, 0.1) is 17.1 Å². The second-order valence-corrected chi connectivity index (χ2v) is 11.0. The number of thioether (sulfide) groups is 1. The zero-order valence-corrected chi connectivity index (χ0v) is 22.9. The average Bonchev–Trinajstić information content (AvgIpc) is 3.34. The number of aromatic nitrogens is 3. The molecule has 8 nitrogen and oxygen atoms in total. The van der Waals surface area contributed by atoms with Gasteiger partial charge in [-0.3, -0.25) is 5.32 Å². The normalized spacial score (nSPS) is 12.8. The van der Waals surface area contributed by atoms with E-state index in [4.69, 9.17) is 9.84 Å². The second kappa shape index (κ2) is 10.8. The van der Waals surface area contributed by atoms with Gasteiger partial charge in [0.1, 0.15) is 23.1 Å². The first kappa shape index (κ1) is 25.7. The summed E-state index contributed by atoms with van der Waals surface area (Å²) >= 11 is 1.54. The Bertz CT molecular complexity index is 1450. The van der Waals surface area contributed by atoms with Gasteiger partial charge in [0.15, 0.2) is 0 Å². The summed E-state index contributed by atoms with van der Waals surface area (Å²) in [6.07, 6.45) is 5.70. The van der Waals surface area contributed by atoms with Gasteiger partial charge in [0.25, 0.3) is 0 Å². The van der Waals surface area contributed by atoms with Crippen LogP contribution in [0.2, 0.25) is 0 Å². The predicted molar refractivity (Wildman–Crippen MR) is 154 cm³/mol. The number of hydrogen-bond donors (Lipinski definition) is 3. The molecule has 0 fully saturated rings. The first-order valence-electron chi connectivity index (χ1n) is 12.6. The van der Waals surface area contributed by atoms with E-state index in [1.54, 1.807) is 10.9 Å². The predicted octanol–water partition coefficient (Wildman–Crippen LogP) is 7.08. The molecule has 0 atom stereocenters. The number of rotatable bonds is 6. The van der Waals surface area contributed by atoms with Gasteiger partial charge in [0, 0.05) is 34.7 Å². The molecule has 2 aromatic heterocycles. The number of urea groups is 1. The van der Waals surface area contributed by atoms with Gasteiger partial charge in [-0.05, 0) is 55.5 Å². The van der Waals surface area contributed by atoms with Crippen LogP contribution in [-0.4, -0.2) is 33.6 Å². The SMILES string of the molecule is CSc1cc(Oc2ccnc3c2CCCN3)ccc1NC(=O)Nc1cc(C(C)(C)C)nn1-c1ccccc1. The number of pyridine rings is 1. The van der Waals surface area contributed by atoms with Crippen molar-refractivity contribution in [2.24, 2.45) is 0 Å². The Kier molecular flexibility index (Phi) is 7.28. The van der Waals surface area contributed by atoms with E-state index in [2.05, 4.69) is 41.7 Å². The van der Waals surface area contributed by atoms with Crippen LogP contribution in [-0.2, 0) is 11.8 Å². The van der Waals surface area contributed by atoms with E-state index in [0.717, 1.165) is 52.8 Å². The summed E-state index contributed by atoms with van der Waals surface area (Å²) in [7, 11) is 0. The van der Waals surface area contributed by atoms with E-state index in [9.17, 15) is 4.79 Å². The fourth-order valence-electron chi connectivity index (χ4n) is 4.27. The van der Waals surface area contributed by atoms with Gasteiger partial charge in [0.2, 0.25) is 0 Å². The molecule has 0 spiro atoms. The van der Waals surface area contributed by atoms with Crippen LogP contribution in [0.4, 0.5) is 22.1 Å². The van der Waals surface area contributed by atoms with Crippen LogP contribution in [0.3, 0.4) is 0 Å². The Morgan fingerprint density at radius 2 is 1.89 bits per heavy atom. The number of para-hydroxylation sites is 1. The van der Waals surface area contributed by atoms with Crippen molar-refractivity contribution in [2.75, 3.05) is 28.8 Å². The molecule has 5 rings (SSSR count). The van der Waals surface area contributed by atoms with Crippen LogP contribution in [0.5, 0.6) is 11.5 Å². The van der Waals surface area contributed by atoms with E-state index < -0.39 is 0 Å². The summed E-state index contributed by atoms with van der Waals surface area (Å²) in [4.78, 5) is 18.4. The number of fused-ring (bicyclic) bond motifs is 1. The molecule has 196 valence electrons. The minimum absolute atomic E-state index is 0.168. The maximum Gasteiger partial charge on any atom is 0.324 e. The van der Waals surface area contributed by atoms with Crippen molar-refractivity contribution in [3.63, 3.8) is 0 Å². The van der Waals surface area contributed by atoms with Crippen LogP contribution in [0.15, 0.2) is 71.8 Å². The number of hydrogen-bond acceptors (Lipinski definition) is 6. The highest BCUT2D eigenvalue weighted by atomic mass is 32.2. The maximum absolute atomic E-state index is 13.1. The highest BCUT2D eigenvalue weighted by Gasteiger charge is 2.22. The number of benzene rings is 2. The molecule has 9 heteroatoms. The molecule has 0 radical (unpaired) electrons. The van der Waals surface area contributed by atoms with Crippen molar-refractivity contribution in [3.8, 4) is 17.2 Å². The lowest BCUT2D eigenvalue weighted by Crippen LogP contribution is -2.21. The molecule has 3 heterocycles. The molecule has 4 aromatic rings. The minimum atomic E-state index is -0.346. The zero-order chi connectivity index (χ0) is 26.7. The van der Waals surface area contributed by atoms with Crippen LogP contribution in [0, 0.1) is 0 Å². The summed E-state index contributed by atoms with van der Waals surface area (Å²) in [5.74, 6) is 2.99. The molecule has 1 aliphatic rings. The number of carbonyl (C=O) groups excluding carboxylic acids is 1. The van der Waals surface area contributed by atoms with Gasteiger partial charge in [-0.15, -0.1) is 11.8 Å². The third-order valence-corrected chi connectivity index (χ3v) is 7.06. The monoisotopic (exact) mass is 528 g/mol. The summed E-state index contributed by atoms with van der Waals surface area (Å²) in [6.45, 7) is 7.22. The van der Waals surface area contributed by atoms with Gasteiger partial charge < -0.3 is 15.4 Å². The quantitative estimate of drug-likeness (QED) is 0.232. The third kappa shape index (κ3) is 5.62. The van der Waals surface area contributed by atoms with E-state index in [1.807, 2.05) is 66.9 Å². The number of nitrogens with one attached hydrogen (secondary N) is 3. The summed E-state index contributed by atoms with van der Waals surface area (Å²) in [6, 6.07) is 18.9. The van der Waals surface area contributed by atoms with Crippen LogP contribution < -0.4 is 20.7 Å². The lowest BCUT2D eigenvalue weighted by Gasteiger charge is -2.20. The van der Waals surface area contributed by atoms with Crippen molar-refractivity contribution in [1.82, 2.24) is 14.8 Å². The van der Waals surface area contributed by atoms with Crippen molar-refractivity contribution < 1.29 is 9.53 Å². The first-order valence-corrected chi connectivity index (χ1v) is 13.9. The maximum atomic E-state index is 13.1. The summed E-state index contributed by atoms with van der Waals surface area (Å²) in [5, 5.41) is 14.1. The van der Waals surface area contributed by atoms with Gasteiger partial charge in [-0.25, -0.2) is 14.5 Å². The molecule has 38 heavy (non-hydrogen) atoms. The van der Waals surface area contributed by atoms with Crippen molar-refractivity contribution >= 4 is 35.1 Å². The van der Waals surface area contributed by atoms with Crippen molar-refractivity contribution in [3.05, 3.63) is 78.1 Å². The Morgan fingerprint density at radius 3 is 2.66 bits per heavy atom. The van der Waals surface area contributed by atoms with Gasteiger partial charge >= 0.3 is 6.03 Å². The highest BCUT2D eigenvalue weighted by molar-refractivity contribution is 7.98. The van der Waals surface area contributed by atoms with Crippen LogP contribution in [0.1, 0.15) is 38.4 Å². The third-order valence-electron chi connectivity index (χ3n) is 6.28. The molecule has 3 N–H and O–H groups in total. The van der Waals surface area contributed by atoms with E-state index in [0.29, 0.717) is 17.3 Å². The van der Waals surface area contributed by atoms with Gasteiger partial charge in [-0.2, -0.15) is 5.10 Å². The lowest BCUT2D eigenvalue weighted by molar-refractivity contribution is 0.262. The van der Waals surface area contributed by atoms with Crippen LogP contribution >= 0.6 is 11.8 Å². The summed E-state index contributed by atoms with van der Waals surface area (Å²) in [5.41, 5.74) is 3.38. The van der Waals surface area contributed by atoms with Crippen LogP contribution in [0.25, 0.3) is 5.69 Å². The standard InChI is InChI=1S/C29H32N6O2S/c1-29(2,3)25-18-26(35(34-25)19-9-6-5-7-10-19)33-28(36)32-22-13-12-20(17-24(22)38-4)37-23-14-16-31-27-21(23)11-8-15-30-27/h5-7,9-10,12-14,16-18H,8,11,15H2,1-4H3,(H,30,31)(H2,32,33,36). The molecule has 1 aliphatic heterocycles. The smallest absolute Gasteiger partial charge is 0.324 e.